The molecule has 0 bridgehead atoms. The standard InChI is InChI=1S/C34H30ClNO3/c1-34(2)19-26-30(29(39)20-34)32(31-27(37)17-23(18-28(31)38)21-9-5-3-6-10-21)33(22-11-7-4-8-12-22)36(26)25-15-13-24(35)14-16-25/h3-16,23,31H,17-20H2,1-2H3. The van der Waals surface area contributed by atoms with Gasteiger partial charge < -0.3 is 4.57 Å². The number of hydrogen-bond donors (Lipinski definition) is 0. The van der Waals surface area contributed by atoms with Crippen LogP contribution in [0.2, 0.25) is 5.02 Å². The van der Waals surface area contributed by atoms with Crippen LogP contribution in [-0.4, -0.2) is 21.9 Å². The molecule has 4 nitrogen and oxygen atoms in total. The Morgan fingerprint density at radius 1 is 0.769 bits per heavy atom. The van der Waals surface area contributed by atoms with E-state index >= 15 is 0 Å². The Kier molecular flexibility index (Phi) is 6.39. The molecule has 4 aromatic rings. The van der Waals surface area contributed by atoms with Gasteiger partial charge in [0.1, 0.15) is 17.5 Å². The largest absolute Gasteiger partial charge is 0.313 e. The molecule has 1 saturated carbocycles. The molecule has 5 heteroatoms. The maximum atomic E-state index is 13.9. The molecule has 2 aliphatic rings. The average molecular weight is 536 g/mol. The number of halogens is 1. The first-order valence-electron chi connectivity index (χ1n) is 13.5. The number of Topliss-reactive ketones (excluding diaryl/α,β-unsaturated/α-hetero) is 3. The number of hydrogen-bond acceptors (Lipinski definition) is 3. The van der Waals surface area contributed by atoms with Crippen molar-refractivity contribution in [3.63, 3.8) is 0 Å². The normalized spacial score (nSPS) is 20.6. The van der Waals surface area contributed by atoms with Gasteiger partial charge in [0, 0.05) is 46.8 Å². The lowest BCUT2D eigenvalue weighted by Gasteiger charge is -2.31. The summed E-state index contributed by atoms with van der Waals surface area (Å²) in [7, 11) is 0. The van der Waals surface area contributed by atoms with Crippen LogP contribution < -0.4 is 0 Å². The van der Waals surface area contributed by atoms with Crippen LogP contribution in [0.3, 0.4) is 0 Å². The minimum Gasteiger partial charge on any atom is -0.313 e. The van der Waals surface area contributed by atoms with E-state index in [9.17, 15) is 14.4 Å². The number of carbonyl (C=O) groups excluding carboxylic acids is 3. The summed E-state index contributed by atoms with van der Waals surface area (Å²) in [6.45, 7) is 4.19. The van der Waals surface area contributed by atoms with E-state index in [1.165, 1.54) is 0 Å². The summed E-state index contributed by atoms with van der Waals surface area (Å²) in [4.78, 5) is 41.7. The number of fused-ring (bicyclic) bond motifs is 1. The highest BCUT2D eigenvalue weighted by molar-refractivity contribution is 6.30. The second kappa shape index (κ2) is 9.77. The lowest BCUT2D eigenvalue weighted by molar-refractivity contribution is -0.132. The lowest BCUT2D eigenvalue weighted by Crippen LogP contribution is -2.33. The second-order valence-electron chi connectivity index (χ2n) is 11.6. The zero-order chi connectivity index (χ0) is 27.3. The fourth-order valence-corrected chi connectivity index (χ4v) is 6.58. The van der Waals surface area contributed by atoms with Gasteiger partial charge in [0.2, 0.25) is 0 Å². The van der Waals surface area contributed by atoms with Crippen molar-refractivity contribution in [2.45, 2.75) is 51.4 Å². The molecular weight excluding hydrogens is 506 g/mol. The zero-order valence-electron chi connectivity index (χ0n) is 22.1. The Bertz CT molecular complexity index is 1570. The Morgan fingerprint density at radius 2 is 1.36 bits per heavy atom. The van der Waals surface area contributed by atoms with Gasteiger partial charge in [0.05, 0.1) is 5.69 Å². The first kappa shape index (κ1) is 25.5. The molecule has 2 aliphatic carbocycles. The van der Waals surface area contributed by atoms with Gasteiger partial charge >= 0.3 is 0 Å². The van der Waals surface area contributed by atoms with Crippen LogP contribution in [-0.2, 0) is 16.0 Å². The molecule has 3 aromatic carbocycles. The fraction of sp³-hybridized carbons (Fsp3) is 0.265. The van der Waals surface area contributed by atoms with Gasteiger partial charge in [0.15, 0.2) is 5.78 Å². The van der Waals surface area contributed by atoms with Gasteiger partial charge in [0.25, 0.3) is 0 Å². The molecule has 1 heterocycles. The molecule has 1 fully saturated rings. The van der Waals surface area contributed by atoms with E-state index in [2.05, 4.69) is 18.4 Å². The SMILES string of the molecule is CC1(C)CC(=O)c2c(C3C(=O)CC(c4ccccc4)CC3=O)c(-c3ccccc3)n(-c3ccc(Cl)cc3)c2C1. The van der Waals surface area contributed by atoms with Crippen molar-refractivity contribution in [2.75, 3.05) is 0 Å². The smallest absolute Gasteiger partial charge is 0.165 e. The summed E-state index contributed by atoms with van der Waals surface area (Å²) in [6.07, 6.45) is 1.57. The molecular formula is C34H30ClNO3. The maximum absolute atomic E-state index is 13.9. The molecule has 0 amide bonds. The molecule has 6 rings (SSSR count). The van der Waals surface area contributed by atoms with Crippen molar-refractivity contribution < 1.29 is 14.4 Å². The molecule has 196 valence electrons. The first-order valence-corrected chi connectivity index (χ1v) is 13.8. The zero-order valence-corrected chi connectivity index (χ0v) is 22.9. The molecule has 0 atom stereocenters. The number of benzene rings is 3. The van der Waals surface area contributed by atoms with Crippen LogP contribution >= 0.6 is 11.6 Å². The number of carbonyl (C=O) groups is 3. The number of aromatic nitrogens is 1. The van der Waals surface area contributed by atoms with E-state index in [1.54, 1.807) is 0 Å². The third-order valence-electron chi connectivity index (χ3n) is 8.10. The number of rotatable bonds is 4. The van der Waals surface area contributed by atoms with Gasteiger partial charge in [-0.2, -0.15) is 0 Å². The summed E-state index contributed by atoms with van der Waals surface area (Å²) in [5, 5.41) is 0.613. The molecule has 0 unspecified atom stereocenters. The molecule has 0 radical (unpaired) electrons. The van der Waals surface area contributed by atoms with Crippen LogP contribution in [0.5, 0.6) is 0 Å². The summed E-state index contributed by atoms with van der Waals surface area (Å²) in [5.41, 5.74) is 5.20. The van der Waals surface area contributed by atoms with E-state index in [0.29, 0.717) is 29.0 Å². The molecule has 39 heavy (non-hydrogen) atoms. The van der Waals surface area contributed by atoms with Gasteiger partial charge in [-0.1, -0.05) is 86.1 Å². The van der Waals surface area contributed by atoms with Crippen LogP contribution in [0.25, 0.3) is 16.9 Å². The van der Waals surface area contributed by atoms with Gasteiger partial charge in [-0.15, -0.1) is 0 Å². The average Bonchev–Trinajstić information content (AvgIpc) is 3.23. The fourth-order valence-electron chi connectivity index (χ4n) is 6.45. The highest BCUT2D eigenvalue weighted by atomic mass is 35.5. The number of nitrogens with zero attached hydrogens (tertiary/aromatic N) is 1. The van der Waals surface area contributed by atoms with Crippen LogP contribution in [0.4, 0.5) is 0 Å². The Balaban J connectivity index is 1.60. The summed E-state index contributed by atoms with van der Waals surface area (Å²) in [6, 6.07) is 27.1. The van der Waals surface area contributed by atoms with Crippen LogP contribution in [0.15, 0.2) is 84.9 Å². The molecule has 0 saturated heterocycles. The summed E-state index contributed by atoms with van der Waals surface area (Å²) < 4.78 is 2.10. The topological polar surface area (TPSA) is 56.1 Å². The van der Waals surface area contributed by atoms with Gasteiger partial charge in [-0.05, 0) is 53.1 Å². The van der Waals surface area contributed by atoms with Gasteiger partial charge in [-0.3, -0.25) is 14.4 Å². The maximum Gasteiger partial charge on any atom is 0.165 e. The van der Waals surface area contributed by atoms with E-state index in [1.807, 2.05) is 84.9 Å². The van der Waals surface area contributed by atoms with E-state index in [0.717, 1.165) is 28.2 Å². The number of ketones is 3. The third-order valence-corrected chi connectivity index (χ3v) is 8.35. The monoisotopic (exact) mass is 535 g/mol. The second-order valence-corrected chi connectivity index (χ2v) is 12.0. The van der Waals surface area contributed by atoms with E-state index < -0.39 is 5.92 Å². The Hall–Kier alpha value is -3.76. The highest BCUT2D eigenvalue weighted by Crippen LogP contribution is 2.48. The Morgan fingerprint density at radius 3 is 1.97 bits per heavy atom. The first-order chi connectivity index (χ1) is 18.7. The molecule has 1 aromatic heterocycles. The van der Waals surface area contributed by atoms with E-state index in [4.69, 9.17) is 11.6 Å². The van der Waals surface area contributed by atoms with Crippen molar-refractivity contribution in [1.82, 2.24) is 4.57 Å². The summed E-state index contributed by atoms with van der Waals surface area (Å²) in [5.74, 6) is -1.36. The quantitative estimate of drug-likeness (QED) is 0.251. The lowest BCUT2D eigenvalue weighted by atomic mass is 9.70. The van der Waals surface area contributed by atoms with Crippen molar-refractivity contribution in [1.29, 1.82) is 0 Å². The minimum atomic E-state index is -0.965. The van der Waals surface area contributed by atoms with Gasteiger partial charge in [-0.25, -0.2) is 0 Å². The van der Waals surface area contributed by atoms with Crippen molar-refractivity contribution in [2.24, 2.45) is 5.41 Å². The van der Waals surface area contributed by atoms with Crippen LogP contribution in [0, 0.1) is 5.41 Å². The molecule has 0 spiro atoms. The minimum absolute atomic E-state index is 0.00747. The van der Waals surface area contributed by atoms with Crippen molar-refractivity contribution in [3.05, 3.63) is 112 Å². The predicted octanol–water partition coefficient (Wildman–Crippen LogP) is 7.75. The third kappa shape index (κ3) is 4.57. The molecule has 0 N–H and O–H groups in total. The van der Waals surface area contributed by atoms with E-state index in [-0.39, 0.29) is 41.5 Å². The van der Waals surface area contributed by atoms with Crippen LogP contribution in [0.1, 0.15) is 72.1 Å². The summed E-state index contributed by atoms with van der Waals surface area (Å²) >= 11 is 6.24. The predicted molar refractivity (Wildman–Crippen MR) is 154 cm³/mol. The van der Waals surface area contributed by atoms with Crippen molar-refractivity contribution in [3.8, 4) is 16.9 Å². The Labute approximate surface area is 233 Å². The van der Waals surface area contributed by atoms with Crippen molar-refractivity contribution >= 4 is 29.0 Å². The highest BCUT2D eigenvalue weighted by Gasteiger charge is 2.45. The molecule has 0 aliphatic heterocycles.